The molecular formula is C17H24O7. The van der Waals surface area contributed by atoms with E-state index in [4.69, 9.17) is 20.1 Å². The first-order valence-electron chi connectivity index (χ1n) is 7.46. The molecule has 1 atom stereocenters. The highest BCUT2D eigenvalue weighted by Gasteiger charge is 2.20. The Morgan fingerprint density at radius 3 is 1.46 bits per heavy atom. The predicted octanol–water partition coefficient (Wildman–Crippen LogP) is 2.63. The number of hydrogen-bond donors (Lipinski definition) is 3. The van der Waals surface area contributed by atoms with Crippen molar-refractivity contribution in [1.82, 2.24) is 0 Å². The zero-order valence-corrected chi connectivity index (χ0v) is 14.1. The minimum atomic E-state index is -0.941. The van der Waals surface area contributed by atoms with Gasteiger partial charge in [0.25, 0.3) is 0 Å². The zero-order valence-electron chi connectivity index (χ0n) is 14.1. The molecule has 1 aliphatic rings. The number of carboxylic acid groups (broad SMARTS) is 3. The lowest BCUT2D eigenvalue weighted by atomic mass is 10.1. The van der Waals surface area contributed by atoms with E-state index in [1.165, 1.54) is 13.8 Å². The molecule has 3 N–H and O–H groups in total. The van der Waals surface area contributed by atoms with E-state index in [-0.39, 0.29) is 17.3 Å². The number of carboxylic acids is 3. The maximum atomic E-state index is 10.4. The van der Waals surface area contributed by atoms with Crippen LogP contribution in [-0.2, 0) is 19.1 Å². The zero-order chi connectivity index (χ0) is 18.7. The molecule has 7 nitrogen and oxygen atoms in total. The van der Waals surface area contributed by atoms with Gasteiger partial charge in [-0.05, 0) is 40.0 Å². The summed E-state index contributed by atoms with van der Waals surface area (Å²) in [6.07, 6.45) is 6.96. The number of rotatable bonds is 8. The molecule has 1 heterocycles. The van der Waals surface area contributed by atoms with Crippen molar-refractivity contribution in [1.29, 1.82) is 0 Å². The summed E-state index contributed by atoms with van der Waals surface area (Å²) in [5.74, 6) is -2.73. The Hall–Kier alpha value is -2.41. The molecule has 1 fully saturated rings. The molecule has 1 rings (SSSR count). The van der Waals surface area contributed by atoms with Crippen LogP contribution in [-0.4, -0.2) is 45.9 Å². The number of hydrogen-bond acceptors (Lipinski definition) is 4. The fraction of sp³-hybridized carbons (Fsp3) is 0.471. The van der Waals surface area contributed by atoms with Gasteiger partial charge in [-0.15, -0.1) is 0 Å². The van der Waals surface area contributed by atoms with Crippen LogP contribution >= 0.6 is 0 Å². The van der Waals surface area contributed by atoms with E-state index in [0.29, 0.717) is 18.4 Å². The molecule has 0 spiro atoms. The van der Waals surface area contributed by atoms with Crippen molar-refractivity contribution in [2.75, 3.05) is 6.61 Å². The first kappa shape index (κ1) is 21.6. The lowest BCUT2D eigenvalue weighted by molar-refractivity contribution is -0.133. The van der Waals surface area contributed by atoms with Crippen LogP contribution in [0.4, 0.5) is 0 Å². The molecule has 0 saturated carbocycles. The Labute approximate surface area is 140 Å². The second-order valence-corrected chi connectivity index (χ2v) is 5.35. The van der Waals surface area contributed by atoms with Crippen LogP contribution in [0.2, 0.25) is 0 Å². The van der Waals surface area contributed by atoms with E-state index < -0.39 is 17.9 Å². The highest BCUT2D eigenvalue weighted by Crippen LogP contribution is 2.14. The van der Waals surface area contributed by atoms with Crippen molar-refractivity contribution in [2.45, 2.75) is 46.1 Å². The second kappa shape index (κ2) is 11.2. The quantitative estimate of drug-likeness (QED) is 0.352. The normalized spacial score (nSPS) is 17.6. The van der Waals surface area contributed by atoms with Crippen LogP contribution in [0.1, 0.15) is 40.0 Å². The number of epoxide rings is 1. The lowest BCUT2D eigenvalue weighted by Gasteiger charge is -1.93. The monoisotopic (exact) mass is 340 g/mol. The van der Waals surface area contributed by atoms with Gasteiger partial charge in [0.1, 0.15) is 0 Å². The van der Waals surface area contributed by atoms with Crippen molar-refractivity contribution < 1.29 is 34.4 Å². The molecule has 0 aromatic heterocycles. The molecule has 7 heteroatoms. The fourth-order valence-electron chi connectivity index (χ4n) is 1.37. The Kier molecular flexibility index (Phi) is 10.1. The molecule has 24 heavy (non-hydrogen) atoms. The lowest BCUT2D eigenvalue weighted by Crippen LogP contribution is -1.96. The summed E-state index contributed by atoms with van der Waals surface area (Å²) in [7, 11) is 0. The van der Waals surface area contributed by atoms with Gasteiger partial charge >= 0.3 is 17.9 Å². The van der Waals surface area contributed by atoms with Gasteiger partial charge in [0.05, 0.1) is 12.7 Å². The predicted molar refractivity (Wildman–Crippen MR) is 87.8 cm³/mol. The van der Waals surface area contributed by atoms with Gasteiger partial charge in [-0.25, -0.2) is 14.4 Å². The van der Waals surface area contributed by atoms with Gasteiger partial charge in [-0.1, -0.05) is 18.2 Å². The number of aliphatic carboxylic acids is 3. The maximum Gasteiger partial charge on any atom is 0.330 e. The van der Waals surface area contributed by atoms with Gasteiger partial charge in [0, 0.05) is 16.7 Å². The fourth-order valence-corrected chi connectivity index (χ4v) is 1.37. The van der Waals surface area contributed by atoms with Crippen LogP contribution in [0.5, 0.6) is 0 Å². The van der Waals surface area contributed by atoms with Gasteiger partial charge in [-0.2, -0.15) is 0 Å². The highest BCUT2D eigenvalue weighted by atomic mass is 16.6. The van der Waals surface area contributed by atoms with Crippen LogP contribution < -0.4 is 0 Å². The largest absolute Gasteiger partial charge is 0.478 e. The van der Waals surface area contributed by atoms with E-state index in [0.717, 1.165) is 13.0 Å². The molecule has 1 aliphatic heterocycles. The first-order valence-corrected chi connectivity index (χ1v) is 7.46. The molecule has 0 aromatic rings. The summed E-state index contributed by atoms with van der Waals surface area (Å²) < 4.78 is 4.90. The minimum absolute atomic E-state index is 0.284. The number of ether oxygens (including phenoxy) is 1. The van der Waals surface area contributed by atoms with E-state index in [2.05, 4.69) is 0 Å². The highest BCUT2D eigenvalue weighted by molar-refractivity contribution is 5.86. The minimum Gasteiger partial charge on any atom is -0.478 e. The summed E-state index contributed by atoms with van der Waals surface area (Å²) >= 11 is 0. The van der Waals surface area contributed by atoms with Crippen LogP contribution in [0.3, 0.4) is 0 Å². The molecule has 0 radical (unpaired) electrons. The summed E-state index contributed by atoms with van der Waals surface area (Å²) in [6, 6.07) is 0. The standard InChI is InChI=1S/C10H14O4.C7H10O3/c1-7(9(11)12)5-3-4-6-8(2)10(13)14;1-5(7(8)9)2-3-6-4-10-6/h5-6H,3-4H2,1-2H3,(H,11,12)(H,13,14);2,6H,3-4H2,1H3,(H,8,9)/b7-5+,8-6+;5-2+. The van der Waals surface area contributed by atoms with Gasteiger partial charge < -0.3 is 20.1 Å². The average Bonchev–Trinajstić information content (AvgIpc) is 3.33. The van der Waals surface area contributed by atoms with Gasteiger partial charge in [0.2, 0.25) is 0 Å². The third kappa shape index (κ3) is 11.2. The Bertz CT molecular complexity index is 521. The topological polar surface area (TPSA) is 124 Å². The van der Waals surface area contributed by atoms with E-state index in [1.54, 1.807) is 25.2 Å². The Balaban J connectivity index is 0.000000463. The van der Waals surface area contributed by atoms with Crippen molar-refractivity contribution in [3.8, 4) is 0 Å². The summed E-state index contributed by atoms with van der Waals surface area (Å²) in [4.78, 5) is 30.9. The SMILES string of the molecule is C/C(=C\CC/C=C(\C)C(=O)O)C(=O)O.C/C(=C\CC1CO1)C(=O)O. The van der Waals surface area contributed by atoms with Crippen LogP contribution in [0, 0.1) is 0 Å². The van der Waals surface area contributed by atoms with Crippen molar-refractivity contribution >= 4 is 17.9 Å². The second-order valence-electron chi connectivity index (χ2n) is 5.35. The molecule has 0 aromatic carbocycles. The van der Waals surface area contributed by atoms with E-state index >= 15 is 0 Å². The van der Waals surface area contributed by atoms with Crippen molar-refractivity contribution in [2.24, 2.45) is 0 Å². The van der Waals surface area contributed by atoms with Crippen molar-refractivity contribution in [3.05, 3.63) is 34.9 Å². The molecule has 0 aliphatic carbocycles. The summed E-state index contributed by atoms with van der Waals surface area (Å²) in [5.41, 5.74) is 0.966. The average molecular weight is 340 g/mol. The summed E-state index contributed by atoms with van der Waals surface area (Å²) in [6.45, 7) is 5.39. The number of allylic oxidation sites excluding steroid dienone is 2. The van der Waals surface area contributed by atoms with E-state index in [9.17, 15) is 14.4 Å². The molecule has 1 unspecified atom stereocenters. The molecule has 0 amide bonds. The smallest absolute Gasteiger partial charge is 0.330 e. The molecule has 134 valence electrons. The number of carbonyl (C=O) groups is 3. The van der Waals surface area contributed by atoms with Crippen LogP contribution in [0.15, 0.2) is 34.9 Å². The van der Waals surface area contributed by atoms with Gasteiger partial charge in [0.15, 0.2) is 0 Å². The third-order valence-corrected chi connectivity index (χ3v) is 3.17. The number of unbranched alkanes of at least 4 members (excludes halogenated alkanes) is 1. The third-order valence-electron chi connectivity index (χ3n) is 3.17. The van der Waals surface area contributed by atoms with E-state index in [1.807, 2.05) is 0 Å². The molecule has 1 saturated heterocycles. The maximum absolute atomic E-state index is 10.4. The summed E-state index contributed by atoms with van der Waals surface area (Å²) in [5, 5.41) is 25.4. The van der Waals surface area contributed by atoms with Crippen LogP contribution in [0.25, 0.3) is 0 Å². The molecular weight excluding hydrogens is 316 g/mol. The Morgan fingerprint density at radius 1 is 0.833 bits per heavy atom. The molecule has 0 bridgehead atoms. The van der Waals surface area contributed by atoms with Gasteiger partial charge in [-0.3, -0.25) is 0 Å². The first-order chi connectivity index (χ1) is 11.1. The Morgan fingerprint density at radius 2 is 1.17 bits per heavy atom. The van der Waals surface area contributed by atoms with Crippen molar-refractivity contribution in [3.63, 3.8) is 0 Å².